The van der Waals surface area contributed by atoms with Crippen LogP contribution in [0.3, 0.4) is 0 Å². The maximum atomic E-state index is 13.5. The van der Waals surface area contributed by atoms with Crippen LogP contribution in [0.4, 0.5) is 4.39 Å². The molecule has 1 aromatic rings. The van der Waals surface area contributed by atoms with Gasteiger partial charge in [0.15, 0.2) is 0 Å². The van der Waals surface area contributed by atoms with Crippen molar-refractivity contribution >= 4 is 26.0 Å². The van der Waals surface area contributed by atoms with E-state index in [9.17, 15) is 17.9 Å². The molecule has 1 aliphatic rings. The van der Waals surface area contributed by atoms with Gasteiger partial charge in [-0.25, -0.2) is 17.1 Å². The molecule has 1 fully saturated rings. The number of nitrogens with zero attached hydrogens (tertiary/aromatic N) is 1. The van der Waals surface area contributed by atoms with Gasteiger partial charge in [0.1, 0.15) is 5.82 Å². The van der Waals surface area contributed by atoms with Crippen molar-refractivity contribution in [2.45, 2.75) is 25.4 Å². The number of halogens is 2. The van der Waals surface area contributed by atoms with Crippen molar-refractivity contribution in [2.24, 2.45) is 5.92 Å². The Morgan fingerprint density at radius 2 is 2.24 bits per heavy atom. The molecule has 7 heteroatoms. The number of aliphatic hydroxyl groups excluding tert-OH is 1. The van der Waals surface area contributed by atoms with Crippen molar-refractivity contribution in [1.29, 1.82) is 0 Å². The van der Waals surface area contributed by atoms with E-state index in [1.807, 2.05) is 0 Å². The normalized spacial score (nSPS) is 22.2. The first-order chi connectivity index (χ1) is 9.77. The molecule has 1 aromatic carbocycles. The van der Waals surface area contributed by atoms with Crippen molar-refractivity contribution in [2.75, 3.05) is 19.3 Å². The summed E-state index contributed by atoms with van der Waals surface area (Å²) in [4.78, 5) is 0. The lowest BCUT2D eigenvalue weighted by Crippen LogP contribution is -2.39. The highest BCUT2D eigenvalue weighted by Crippen LogP contribution is 2.29. The van der Waals surface area contributed by atoms with Gasteiger partial charge in [0.05, 0.1) is 16.8 Å². The fourth-order valence-electron chi connectivity index (χ4n) is 2.69. The van der Waals surface area contributed by atoms with E-state index < -0.39 is 21.9 Å². The van der Waals surface area contributed by atoms with Crippen LogP contribution in [0.25, 0.3) is 0 Å². The van der Waals surface area contributed by atoms with Gasteiger partial charge in [-0.3, -0.25) is 0 Å². The predicted octanol–water partition coefficient (Wildman–Crippen LogP) is 2.68. The van der Waals surface area contributed by atoms with Crippen LogP contribution in [0, 0.1) is 11.7 Å². The van der Waals surface area contributed by atoms with E-state index in [1.54, 1.807) is 12.1 Å². The second-order valence-corrected chi connectivity index (χ2v) is 8.39. The van der Waals surface area contributed by atoms with Gasteiger partial charge in [-0.05, 0) is 58.8 Å². The van der Waals surface area contributed by atoms with Crippen molar-refractivity contribution in [1.82, 2.24) is 4.31 Å². The van der Waals surface area contributed by atoms with Gasteiger partial charge in [0.2, 0.25) is 10.0 Å². The Morgan fingerprint density at radius 1 is 1.52 bits per heavy atom. The number of sulfonamides is 1. The Bertz CT molecular complexity index is 608. The Hall–Kier alpha value is -0.500. The lowest BCUT2D eigenvalue weighted by molar-refractivity contribution is 0.122. The molecule has 118 valence electrons. The topological polar surface area (TPSA) is 57.6 Å². The minimum absolute atomic E-state index is 0.0928. The monoisotopic (exact) mass is 379 g/mol. The average molecular weight is 380 g/mol. The van der Waals surface area contributed by atoms with Crippen LogP contribution in [0.2, 0.25) is 0 Å². The largest absolute Gasteiger partial charge is 0.388 e. The summed E-state index contributed by atoms with van der Waals surface area (Å²) in [6, 6.07) is 4.55. The zero-order valence-corrected chi connectivity index (χ0v) is 14.2. The van der Waals surface area contributed by atoms with Gasteiger partial charge in [0, 0.05) is 13.1 Å². The summed E-state index contributed by atoms with van der Waals surface area (Å²) in [7, 11) is -3.19. The fourth-order valence-corrected chi connectivity index (χ4v) is 3.88. The highest BCUT2D eigenvalue weighted by molar-refractivity contribution is 9.10. The zero-order chi connectivity index (χ0) is 15.6. The summed E-state index contributed by atoms with van der Waals surface area (Å²) in [5, 5.41) is 10.2. The van der Waals surface area contributed by atoms with Gasteiger partial charge in [-0.1, -0.05) is 6.07 Å². The Labute approximate surface area is 133 Å². The summed E-state index contributed by atoms with van der Waals surface area (Å²) in [6.07, 6.45) is 2.53. The third-order valence-corrected chi connectivity index (χ3v) is 5.75. The van der Waals surface area contributed by atoms with Crippen molar-refractivity contribution in [3.63, 3.8) is 0 Å². The van der Waals surface area contributed by atoms with E-state index in [0.717, 1.165) is 12.8 Å². The van der Waals surface area contributed by atoms with E-state index in [4.69, 9.17) is 0 Å². The third kappa shape index (κ3) is 4.48. The summed E-state index contributed by atoms with van der Waals surface area (Å²) in [5.41, 5.74) is 0.521. The molecule has 1 saturated heterocycles. The quantitative estimate of drug-likeness (QED) is 0.874. The molecule has 4 nitrogen and oxygen atoms in total. The first-order valence-corrected chi connectivity index (χ1v) is 9.49. The minimum atomic E-state index is -3.19. The van der Waals surface area contributed by atoms with Gasteiger partial charge in [-0.15, -0.1) is 0 Å². The van der Waals surface area contributed by atoms with Gasteiger partial charge >= 0.3 is 0 Å². The number of rotatable bonds is 4. The van der Waals surface area contributed by atoms with Crippen LogP contribution in [-0.4, -0.2) is 37.2 Å². The molecule has 2 unspecified atom stereocenters. The highest BCUT2D eigenvalue weighted by Gasteiger charge is 2.27. The molecule has 1 heterocycles. The first kappa shape index (κ1) is 16.9. The third-order valence-electron chi connectivity index (χ3n) is 3.84. The maximum Gasteiger partial charge on any atom is 0.211 e. The van der Waals surface area contributed by atoms with Crippen molar-refractivity contribution in [3.8, 4) is 0 Å². The summed E-state index contributed by atoms with van der Waals surface area (Å²) < 4.78 is 38.5. The van der Waals surface area contributed by atoms with Crippen LogP contribution in [-0.2, 0) is 10.0 Å². The molecule has 0 amide bonds. The summed E-state index contributed by atoms with van der Waals surface area (Å²) in [5.74, 6) is -0.317. The molecule has 0 bridgehead atoms. The van der Waals surface area contributed by atoms with Crippen LogP contribution in [0.1, 0.15) is 30.9 Å². The molecule has 0 saturated carbocycles. The Morgan fingerprint density at radius 3 is 2.86 bits per heavy atom. The lowest BCUT2D eigenvalue weighted by Gasteiger charge is -2.32. The Kier molecular flexibility index (Phi) is 5.40. The van der Waals surface area contributed by atoms with Crippen LogP contribution >= 0.6 is 15.9 Å². The number of benzene rings is 1. The minimum Gasteiger partial charge on any atom is -0.388 e. The van der Waals surface area contributed by atoms with Gasteiger partial charge < -0.3 is 5.11 Å². The number of hydrogen-bond acceptors (Lipinski definition) is 3. The number of aliphatic hydroxyl groups is 1. The molecule has 2 atom stereocenters. The van der Waals surface area contributed by atoms with E-state index in [-0.39, 0.29) is 5.92 Å². The van der Waals surface area contributed by atoms with Crippen molar-refractivity contribution in [3.05, 3.63) is 34.1 Å². The molecule has 1 aliphatic heterocycles. The average Bonchev–Trinajstić information content (AvgIpc) is 2.41. The standard InChI is InChI=1S/C14H19BrFNO3S/c1-21(19,20)17-6-2-3-10(9-17)7-14(18)11-4-5-12(15)13(16)8-11/h4-5,8,10,14,18H,2-3,6-7,9H2,1H3. The van der Waals surface area contributed by atoms with Crippen LogP contribution in [0.15, 0.2) is 22.7 Å². The van der Waals surface area contributed by atoms with Crippen LogP contribution in [0.5, 0.6) is 0 Å². The molecule has 0 aromatic heterocycles. The molecular weight excluding hydrogens is 361 g/mol. The Balaban J connectivity index is 2.02. The van der Waals surface area contributed by atoms with E-state index in [0.29, 0.717) is 29.5 Å². The smallest absolute Gasteiger partial charge is 0.211 e. The fraction of sp³-hybridized carbons (Fsp3) is 0.571. The number of hydrogen-bond donors (Lipinski definition) is 1. The first-order valence-electron chi connectivity index (χ1n) is 6.85. The number of piperidine rings is 1. The molecule has 0 radical (unpaired) electrons. The van der Waals surface area contributed by atoms with Gasteiger partial charge in [0.25, 0.3) is 0 Å². The lowest BCUT2D eigenvalue weighted by atomic mass is 9.91. The second kappa shape index (κ2) is 6.73. The van der Waals surface area contributed by atoms with E-state index >= 15 is 0 Å². The molecule has 0 aliphatic carbocycles. The second-order valence-electron chi connectivity index (χ2n) is 5.55. The zero-order valence-electron chi connectivity index (χ0n) is 11.8. The molecule has 1 N–H and O–H groups in total. The van der Waals surface area contributed by atoms with Gasteiger partial charge in [-0.2, -0.15) is 0 Å². The van der Waals surface area contributed by atoms with E-state index in [2.05, 4.69) is 15.9 Å². The van der Waals surface area contributed by atoms with E-state index in [1.165, 1.54) is 16.6 Å². The molecule has 0 spiro atoms. The highest BCUT2D eigenvalue weighted by atomic mass is 79.9. The molecule has 2 rings (SSSR count). The predicted molar refractivity (Wildman–Crippen MR) is 82.8 cm³/mol. The van der Waals surface area contributed by atoms with Crippen LogP contribution < -0.4 is 0 Å². The van der Waals surface area contributed by atoms with Crippen molar-refractivity contribution < 1.29 is 17.9 Å². The SMILES string of the molecule is CS(=O)(=O)N1CCCC(CC(O)c2ccc(Br)c(F)c2)C1. The summed E-state index contributed by atoms with van der Waals surface area (Å²) in [6.45, 7) is 0.966. The maximum absolute atomic E-state index is 13.5. The molecule has 21 heavy (non-hydrogen) atoms. The summed E-state index contributed by atoms with van der Waals surface area (Å²) >= 11 is 3.08. The molecular formula is C14H19BrFNO3S.